The Balaban J connectivity index is 1.28. The second-order valence-electron chi connectivity index (χ2n) is 9.79. The van der Waals surface area contributed by atoms with Crippen LogP contribution in [0.25, 0.3) is 0 Å². The highest BCUT2D eigenvalue weighted by atomic mass is 31.2. The molecular formula is C35H34O3P2. The third-order valence-electron chi connectivity index (χ3n) is 7.17. The zero-order valence-corrected chi connectivity index (χ0v) is 24.3. The molecule has 0 unspecified atom stereocenters. The van der Waals surface area contributed by atoms with Crippen molar-refractivity contribution in [3.05, 3.63) is 146 Å². The van der Waals surface area contributed by atoms with Crippen molar-refractivity contribution in [3.8, 4) is 5.75 Å². The second-order valence-corrected chi connectivity index (χ2v) is 15.5. The summed E-state index contributed by atoms with van der Waals surface area (Å²) >= 11 is 0. The summed E-state index contributed by atoms with van der Waals surface area (Å²) < 4.78 is 35.4. The van der Waals surface area contributed by atoms with Crippen molar-refractivity contribution < 1.29 is 13.9 Å². The molecule has 0 bridgehead atoms. The molecule has 0 aliphatic heterocycles. The lowest BCUT2D eigenvalue weighted by Crippen LogP contribution is -2.26. The average Bonchev–Trinajstić information content (AvgIpc) is 3.04. The second kappa shape index (κ2) is 13.1. The Morgan fingerprint density at radius 2 is 0.875 bits per heavy atom. The summed E-state index contributed by atoms with van der Waals surface area (Å²) in [5.74, 6) is 0.651. The molecule has 40 heavy (non-hydrogen) atoms. The molecule has 0 N–H and O–H groups in total. The lowest BCUT2D eigenvalue weighted by molar-refractivity contribution is 0.308. The van der Waals surface area contributed by atoms with Gasteiger partial charge >= 0.3 is 0 Å². The van der Waals surface area contributed by atoms with E-state index in [1.807, 2.05) is 146 Å². The predicted molar refractivity (Wildman–Crippen MR) is 170 cm³/mol. The standard InChI is InChI=1S/C35H34O3P2/c36-39(30-18-6-1-7-19-30,31-20-8-2-9-21-31)29-17-5-16-28-38-34-26-14-15-27-35(34)40(37,32-22-10-3-11-23-32)33-24-12-4-13-25-33/h1-4,6-15,18-27H,5,16-17,28-29H2. The molecule has 0 spiro atoms. The molecule has 0 amide bonds. The molecule has 5 aromatic carbocycles. The van der Waals surface area contributed by atoms with Crippen LogP contribution in [0.5, 0.6) is 5.75 Å². The number of ether oxygens (including phenoxy) is 1. The van der Waals surface area contributed by atoms with Gasteiger partial charge < -0.3 is 13.9 Å². The van der Waals surface area contributed by atoms with Gasteiger partial charge in [0.2, 0.25) is 0 Å². The molecule has 202 valence electrons. The maximum atomic E-state index is 14.8. The number of benzene rings is 5. The van der Waals surface area contributed by atoms with E-state index in [1.54, 1.807) is 0 Å². The molecule has 0 aliphatic rings. The van der Waals surface area contributed by atoms with E-state index in [1.165, 1.54) is 0 Å². The van der Waals surface area contributed by atoms with Gasteiger partial charge in [-0.25, -0.2) is 0 Å². The lowest BCUT2D eigenvalue weighted by atomic mass is 10.2. The Hall–Kier alpha value is -3.64. The van der Waals surface area contributed by atoms with Crippen LogP contribution in [0.1, 0.15) is 19.3 Å². The van der Waals surface area contributed by atoms with E-state index in [0.717, 1.165) is 40.5 Å². The van der Waals surface area contributed by atoms with Crippen LogP contribution < -0.4 is 31.3 Å². The molecule has 5 heteroatoms. The molecule has 0 saturated carbocycles. The molecule has 0 fully saturated rings. The minimum absolute atomic E-state index is 0.502. The zero-order valence-electron chi connectivity index (χ0n) is 22.5. The highest BCUT2D eigenvalue weighted by Crippen LogP contribution is 2.45. The molecule has 5 aromatic rings. The largest absolute Gasteiger partial charge is 0.493 e. The Bertz CT molecular complexity index is 1500. The van der Waals surface area contributed by atoms with Gasteiger partial charge in [0, 0.05) is 27.4 Å². The fraction of sp³-hybridized carbons (Fsp3) is 0.143. The SMILES string of the molecule is O=P(CCCCCOc1ccccc1P(=O)(c1ccccc1)c1ccccc1)(c1ccccc1)c1ccccc1. The van der Waals surface area contributed by atoms with Gasteiger partial charge in [-0.15, -0.1) is 0 Å². The van der Waals surface area contributed by atoms with E-state index in [2.05, 4.69) is 0 Å². The number of unbranched alkanes of at least 4 members (excludes halogenated alkanes) is 2. The van der Waals surface area contributed by atoms with Gasteiger partial charge in [-0.2, -0.15) is 0 Å². The topological polar surface area (TPSA) is 43.4 Å². The van der Waals surface area contributed by atoms with Crippen LogP contribution in [0.3, 0.4) is 0 Å². The van der Waals surface area contributed by atoms with Crippen molar-refractivity contribution in [3.63, 3.8) is 0 Å². The number of hydrogen-bond acceptors (Lipinski definition) is 3. The molecule has 0 heterocycles. The minimum Gasteiger partial charge on any atom is -0.493 e. The summed E-state index contributed by atoms with van der Waals surface area (Å²) in [7, 11) is -5.83. The minimum atomic E-state index is -3.13. The average molecular weight is 565 g/mol. The molecule has 0 aliphatic carbocycles. The van der Waals surface area contributed by atoms with Crippen LogP contribution in [0.15, 0.2) is 146 Å². The van der Waals surface area contributed by atoms with Crippen LogP contribution in [0.4, 0.5) is 0 Å². The highest BCUT2D eigenvalue weighted by molar-refractivity contribution is 7.85. The quantitative estimate of drug-likeness (QED) is 0.122. The fourth-order valence-electron chi connectivity index (χ4n) is 5.08. The Morgan fingerprint density at radius 1 is 0.450 bits per heavy atom. The first kappa shape index (κ1) is 27.9. The van der Waals surface area contributed by atoms with Crippen LogP contribution >= 0.6 is 14.3 Å². The van der Waals surface area contributed by atoms with Crippen LogP contribution in [-0.2, 0) is 9.13 Å². The van der Waals surface area contributed by atoms with E-state index in [0.29, 0.717) is 23.8 Å². The third-order valence-corrected chi connectivity index (χ3v) is 13.5. The van der Waals surface area contributed by atoms with Gasteiger partial charge in [-0.1, -0.05) is 133 Å². The normalized spacial score (nSPS) is 11.7. The van der Waals surface area contributed by atoms with Crippen LogP contribution in [-0.4, -0.2) is 12.8 Å². The van der Waals surface area contributed by atoms with E-state index in [9.17, 15) is 9.13 Å². The van der Waals surface area contributed by atoms with E-state index < -0.39 is 14.3 Å². The van der Waals surface area contributed by atoms with Gasteiger partial charge in [0.25, 0.3) is 0 Å². The smallest absolute Gasteiger partial charge is 0.174 e. The maximum absolute atomic E-state index is 14.8. The van der Waals surface area contributed by atoms with Crippen molar-refractivity contribution >= 4 is 40.8 Å². The molecule has 0 saturated heterocycles. The molecule has 0 radical (unpaired) electrons. The highest BCUT2D eigenvalue weighted by Gasteiger charge is 2.32. The van der Waals surface area contributed by atoms with Gasteiger partial charge in [-0.05, 0) is 31.4 Å². The Morgan fingerprint density at radius 3 is 1.38 bits per heavy atom. The predicted octanol–water partition coefficient (Wildman–Crippen LogP) is 6.89. The Kier molecular flexibility index (Phi) is 9.17. The van der Waals surface area contributed by atoms with Crippen molar-refractivity contribution in [2.75, 3.05) is 12.8 Å². The number of para-hydroxylation sites is 1. The van der Waals surface area contributed by atoms with Gasteiger partial charge in [0.15, 0.2) is 7.14 Å². The first-order valence-corrected chi connectivity index (χ1v) is 17.4. The summed E-state index contributed by atoms with van der Waals surface area (Å²) in [6.45, 7) is 0.502. The van der Waals surface area contributed by atoms with Crippen LogP contribution in [0, 0.1) is 0 Å². The van der Waals surface area contributed by atoms with E-state index >= 15 is 0 Å². The summed E-state index contributed by atoms with van der Waals surface area (Å²) in [6.07, 6.45) is 3.16. The van der Waals surface area contributed by atoms with Crippen molar-refractivity contribution in [2.45, 2.75) is 19.3 Å². The first-order chi connectivity index (χ1) is 19.6. The van der Waals surface area contributed by atoms with E-state index in [-0.39, 0.29) is 0 Å². The molecule has 3 nitrogen and oxygen atoms in total. The van der Waals surface area contributed by atoms with E-state index in [4.69, 9.17) is 4.74 Å². The van der Waals surface area contributed by atoms with Crippen molar-refractivity contribution in [2.24, 2.45) is 0 Å². The van der Waals surface area contributed by atoms with Gasteiger partial charge in [0.1, 0.15) is 12.9 Å². The maximum Gasteiger partial charge on any atom is 0.174 e. The lowest BCUT2D eigenvalue weighted by Gasteiger charge is -2.22. The zero-order chi connectivity index (χ0) is 27.7. The summed E-state index contributed by atoms with van der Waals surface area (Å²) in [4.78, 5) is 0. The number of rotatable bonds is 12. The number of hydrogen-bond donors (Lipinski definition) is 0. The molecular weight excluding hydrogens is 530 g/mol. The van der Waals surface area contributed by atoms with Gasteiger partial charge in [0.05, 0.1) is 11.9 Å². The fourth-order valence-corrected chi connectivity index (χ4v) is 10.7. The molecule has 5 rings (SSSR count). The monoisotopic (exact) mass is 564 g/mol. The molecule has 0 aromatic heterocycles. The van der Waals surface area contributed by atoms with Crippen molar-refractivity contribution in [1.29, 1.82) is 0 Å². The van der Waals surface area contributed by atoms with Gasteiger partial charge in [-0.3, -0.25) is 0 Å². The van der Waals surface area contributed by atoms with Crippen LogP contribution in [0.2, 0.25) is 0 Å². The first-order valence-electron chi connectivity index (χ1n) is 13.8. The summed E-state index contributed by atoms with van der Waals surface area (Å²) in [5, 5.41) is 4.10. The van der Waals surface area contributed by atoms with Crippen molar-refractivity contribution in [1.82, 2.24) is 0 Å². The third kappa shape index (κ3) is 6.07. The molecule has 0 atom stereocenters. The Labute approximate surface area is 237 Å². The summed E-state index contributed by atoms with van der Waals surface area (Å²) in [5.41, 5.74) is 0. The summed E-state index contributed by atoms with van der Waals surface area (Å²) in [6, 6.07) is 46.7.